The van der Waals surface area contributed by atoms with Crippen LogP contribution in [0.2, 0.25) is 0 Å². The van der Waals surface area contributed by atoms with Crippen molar-refractivity contribution < 1.29 is 13.9 Å². The predicted molar refractivity (Wildman–Crippen MR) is 93.4 cm³/mol. The maximum atomic E-state index is 13.8. The fraction of sp³-hybridized carbons (Fsp3) is 0.500. The van der Waals surface area contributed by atoms with E-state index in [0.717, 1.165) is 19.3 Å². The Bertz CT molecular complexity index is 818. The molecule has 138 valence electrons. The van der Waals surface area contributed by atoms with Gasteiger partial charge in [0.2, 0.25) is 0 Å². The molecule has 0 unspecified atom stereocenters. The molecule has 8 heteroatoms. The molecule has 7 nitrogen and oxygen atoms in total. The Hall–Kier alpha value is -2.48. The molecule has 1 spiro atoms. The molecule has 1 aliphatic heterocycles. The van der Waals surface area contributed by atoms with Gasteiger partial charge in [-0.2, -0.15) is 0 Å². The highest BCUT2D eigenvalue weighted by molar-refractivity contribution is 5.88. The Morgan fingerprint density at radius 2 is 2.19 bits per heavy atom. The molecule has 2 aromatic rings. The van der Waals surface area contributed by atoms with Gasteiger partial charge in [0.15, 0.2) is 5.82 Å². The SMILES string of the molecule is Cc1c(NC(=O)N2CCOC3(CCC3)C2)nnn1Cc1ccccc1F. The molecule has 2 aliphatic rings. The third kappa shape index (κ3) is 3.16. The number of ether oxygens (including phenoxy) is 1. The van der Waals surface area contributed by atoms with E-state index in [1.165, 1.54) is 6.07 Å². The van der Waals surface area contributed by atoms with E-state index < -0.39 is 0 Å². The van der Waals surface area contributed by atoms with Gasteiger partial charge in [-0.3, -0.25) is 5.32 Å². The zero-order chi connectivity index (χ0) is 18.1. The Kier molecular flexibility index (Phi) is 4.36. The molecule has 1 aliphatic carbocycles. The van der Waals surface area contributed by atoms with E-state index in [1.54, 1.807) is 27.8 Å². The second-order valence-electron chi connectivity index (χ2n) is 7.01. The van der Waals surface area contributed by atoms with Gasteiger partial charge in [-0.25, -0.2) is 13.9 Å². The summed E-state index contributed by atoms with van der Waals surface area (Å²) in [7, 11) is 0. The fourth-order valence-electron chi connectivity index (χ4n) is 3.49. The Labute approximate surface area is 151 Å². The first-order valence-electron chi connectivity index (χ1n) is 8.90. The van der Waals surface area contributed by atoms with Crippen LogP contribution in [0, 0.1) is 12.7 Å². The third-order valence-corrected chi connectivity index (χ3v) is 5.29. The van der Waals surface area contributed by atoms with E-state index in [1.807, 2.05) is 6.92 Å². The molecule has 0 atom stereocenters. The number of urea groups is 1. The van der Waals surface area contributed by atoms with Crippen LogP contribution in [-0.4, -0.2) is 51.2 Å². The molecular weight excluding hydrogens is 337 g/mol. The summed E-state index contributed by atoms with van der Waals surface area (Å²) >= 11 is 0. The van der Waals surface area contributed by atoms with Crippen LogP contribution >= 0.6 is 0 Å². The second kappa shape index (κ2) is 6.68. The number of halogens is 1. The number of nitrogens with zero attached hydrogens (tertiary/aromatic N) is 4. The second-order valence-corrected chi connectivity index (χ2v) is 7.01. The molecule has 2 fully saturated rings. The molecule has 4 rings (SSSR count). The molecular formula is C18H22FN5O2. The minimum absolute atomic E-state index is 0.146. The monoisotopic (exact) mass is 359 g/mol. The molecule has 0 bridgehead atoms. The highest BCUT2D eigenvalue weighted by atomic mass is 19.1. The molecule has 2 heterocycles. The van der Waals surface area contributed by atoms with E-state index in [9.17, 15) is 9.18 Å². The van der Waals surface area contributed by atoms with Crippen LogP contribution in [0.1, 0.15) is 30.5 Å². The topological polar surface area (TPSA) is 72.3 Å². The lowest BCUT2D eigenvalue weighted by molar-refractivity contribution is -0.140. The number of hydrogen-bond donors (Lipinski definition) is 1. The molecule has 1 aromatic carbocycles. The minimum atomic E-state index is -0.285. The van der Waals surface area contributed by atoms with Crippen molar-refractivity contribution >= 4 is 11.8 Å². The predicted octanol–water partition coefficient (Wildman–Crippen LogP) is 2.56. The molecule has 1 N–H and O–H groups in total. The van der Waals surface area contributed by atoms with Crippen molar-refractivity contribution in [1.29, 1.82) is 0 Å². The molecule has 1 saturated carbocycles. The number of carbonyl (C=O) groups is 1. The first-order valence-corrected chi connectivity index (χ1v) is 8.90. The van der Waals surface area contributed by atoms with Crippen molar-refractivity contribution in [3.63, 3.8) is 0 Å². The summed E-state index contributed by atoms with van der Waals surface area (Å²) in [5, 5.41) is 10.9. The number of morpholine rings is 1. The smallest absolute Gasteiger partial charge is 0.323 e. The van der Waals surface area contributed by atoms with E-state index in [2.05, 4.69) is 15.6 Å². The Balaban J connectivity index is 1.43. The molecule has 1 aromatic heterocycles. The largest absolute Gasteiger partial charge is 0.371 e. The highest BCUT2D eigenvalue weighted by Crippen LogP contribution is 2.38. The van der Waals surface area contributed by atoms with E-state index in [0.29, 0.717) is 36.8 Å². The standard InChI is InChI=1S/C18H22FN5O2/c1-13-16(21-22-24(13)11-14-5-2-3-6-15(14)19)20-17(25)23-9-10-26-18(12-23)7-4-8-18/h2-3,5-6H,4,7-12H2,1H3,(H,20,25). The van der Waals surface area contributed by atoms with Crippen molar-refractivity contribution in [3.8, 4) is 0 Å². The summed E-state index contributed by atoms with van der Waals surface area (Å²) < 4.78 is 21.3. The fourth-order valence-corrected chi connectivity index (χ4v) is 3.49. The summed E-state index contributed by atoms with van der Waals surface area (Å²) in [6.45, 7) is 3.81. The van der Waals surface area contributed by atoms with Crippen LogP contribution in [0.4, 0.5) is 15.0 Å². The van der Waals surface area contributed by atoms with Crippen molar-refractivity contribution in [2.75, 3.05) is 25.0 Å². The molecule has 1 saturated heterocycles. The number of aromatic nitrogens is 3. The molecule has 2 amide bonds. The van der Waals surface area contributed by atoms with Gasteiger partial charge in [0.25, 0.3) is 0 Å². The average Bonchev–Trinajstić information content (AvgIpc) is 2.96. The van der Waals surface area contributed by atoms with Crippen molar-refractivity contribution in [1.82, 2.24) is 19.9 Å². The van der Waals surface area contributed by atoms with Gasteiger partial charge in [-0.15, -0.1) is 5.10 Å². The van der Waals surface area contributed by atoms with Gasteiger partial charge in [-0.1, -0.05) is 23.4 Å². The van der Waals surface area contributed by atoms with Gasteiger partial charge >= 0.3 is 6.03 Å². The van der Waals surface area contributed by atoms with Crippen molar-refractivity contribution in [2.24, 2.45) is 0 Å². The lowest BCUT2D eigenvalue weighted by atomic mass is 9.79. The number of anilines is 1. The van der Waals surface area contributed by atoms with Gasteiger partial charge in [-0.05, 0) is 32.3 Å². The molecule has 0 radical (unpaired) electrons. The Morgan fingerprint density at radius 1 is 1.38 bits per heavy atom. The summed E-state index contributed by atoms with van der Waals surface area (Å²) in [5.41, 5.74) is 1.07. The van der Waals surface area contributed by atoms with E-state index in [4.69, 9.17) is 4.74 Å². The van der Waals surface area contributed by atoms with Gasteiger partial charge in [0, 0.05) is 12.1 Å². The highest BCUT2D eigenvalue weighted by Gasteiger charge is 2.43. The summed E-state index contributed by atoms with van der Waals surface area (Å²) in [6, 6.07) is 6.36. The van der Waals surface area contributed by atoms with Crippen molar-refractivity contribution in [2.45, 2.75) is 38.3 Å². The number of amides is 2. The van der Waals surface area contributed by atoms with Crippen molar-refractivity contribution in [3.05, 3.63) is 41.3 Å². The van der Waals surface area contributed by atoms with E-state index in [-0.39, 0.29) is 24.0 Å². The number of rotatable bonds is 3. The van der Waals surface area contributed by atoms with Crippen LogP contribution in [0.5, 0.6) is 0 Å². The van der Waals surface area contributed by atoms with Gasteiger partial charge in [0.05, 0.1) is 31.0 Å². The number of hydrogen-bond acceptors (Lipinski definition) is 4. The average molecular weight is 359 g/mol. The summed E-state index contributed by atoms with van der Waals surface area (Å²) in [6.07, 6.45) is 3.17. The van der Waals surface area contributed by atoms with Crippen LogP contribution in [0.15, 0.2) is 24.3 Å². The van der Waals surface area contributed by atoms with Crippen LogP contribution < -0.4 is 5.32 Å². The lowest BCUT2D eigenvalue weighted by Gasteiger charge is -2.48. The lowest BCUT2D eigenvalue weighted by Crippen LogP contribution is -2.57. The van der Waals surface area contributed by atoms with Crippen LogP contribution in [0.3, 0.4) is 0 Å². The van der Waals surface area contributed by atoms with Gasteiger partial charge in [0.1, 0.15) is 5.82 Å². The number of carbonyl (C=O) groups excluding carboxylic acids is 1. The Morgan fingerprint density at radius 3 is 2.92 bits per heavy atom. The maximum absolute atomic E-state index is 13.8. The van der Waals surface area contributed by atoms with Gasteiger partial charge < -0.3 is 9.64 Å². The zero-order valence-electron chi connectivity index (χ0n) is 14.7. The summed E-state index contributed by atoms with van der Waals surface area (Å²) in [5.74, 6) is 0.118. The number of benzene rings is 1. The first kappa shape index (κ1) is 17.0. The maximum Gasteiger partial charge on any atom is 0.323 e. The minimum Gasteiger partial charge on any atom is -0.371 e. The first-order chi connectivity index (χ1) is 12.6. The normalized spacial score (nSPS) is 18.6. The zero-order valence-corrected chi connectivity index (χ0v) is 14.7. The van der Waals surface area contributed by atoms with Crippen LogP contribution in [-0.2, 0) is 11.3 Å². The van der Waals surface area contributed by atoms with E-state index >= 15 is 0 Å². The molecule has 26 heavy (non-hydrogen) atoms. The summed E-state index contributed by atoms with van der Waals surface area (Å²) in [4.78, 5) is 14.4. The van der Waals surface area contributed by atoms with Crippen LogP contribution in [0.25, 0.3) is 0 Å². The third-order valence-electron chi connectivity index (χ3n) is 5.29. The quantitative estimate of drug-likeness (QED) is 0.914. The number of nitrogens with one attached hydrogen (secondary N) is 1.